The number of nitrogens with zero attached hydrogens (tertiary/aromatic N) is 4. The molecule has 1 fully saturated rings. The number of aromatic nitrogens is 3. The molecule has 0 aliphatic carbocycles. The number of ether oxygens (including phenoxy) is 1. The molecule has 0 radical (unpaired) electrons. The summed E-state index contributed by atoms with van der Waals surface area (Å²) in [5, 5.41) is 3.03. The van der Waals surface area contributed by atoms with E-state index in [4.69, 9.17) is 4.74 Å². The van der Waals surface area contributed by atoms with Gasteiger partial charge < -0.3 is 15.0 Å². The van der Waals surface area contributed by atoms with Crippen molar-refractivity contribution in [2.24, 2.45) is 0 Å². The van der Waals surface area contributed by atoms with Gasteiger partial charge in [0, 0.05) is 19.6 Å². The number of hydrogen-bond acceptors (Lipinski definition) is 8. The number of anilines is 2. The Morgan fingerprint density at radius 3 is 2.48 bits per heavy atom. The minimum Gasteiger partial charge on any atom is -0.461 e. The van der Waals surface area contributed by atoms with Gasteiger partial charge in [0.2, 0.25) is 11.9 Å². The van der Waals surface area contributed by atoms with Gasteiger partial charge >= 0.3 is 6.01 Å². The normalized spacial score (nSPS) is 17.8. The van der Waals surface area contributed by atoms with Crippen LogP contribution in [0.25, 0.3) is 0 Å². The molecule has 1 aliphatic rings. The number of rotatable bonds is 5. The quantitative estimate of drug-likeness (QED) is 0.830. The van der Waals surface area contributed by atoms with Crippen LogP contribution in [-0.2, 0) is 9.84 Å². The van der Waals surface area contributed by atoms with E-state index in [9.17, 15) is 8.42 Å². The molecule has 8 nitrogen and oxygen atoms in total. The highest BCUT2D eigenvalue weighted by Gasteiger charge is 2.24. The SMILES string of the molecule is CCNc1nc(OC(C)C)nc(N2CCS(=O)(=O)CC2)n1. The molecule has 9 heteroatoms. The second-order valence-electron chi connectivity index (χ2n) is 5.08. The lowest BCUT2D eigenvalue weighted by Gasteiger charge is -2.27. The highest BCUT2D eigenvalue weighted by atomic mass is 32.2. The van der Waals surface area contributed by atoms with Gasteiger partial charge in [0.15, 0.2) is 9.84 Å². The third-order valence-corrected chi connectivity index (χ3v) is 4.52. The number of nitrogens with one attached hydrogen (secondary N) is 1. The Morgan fingerprint density at radius 2 is 1.90 bits per heavy atom. The van der Waals surface area contributed by atoms with Gasteiger partial charge in [-0.1, -0.05) is 0 Å². The molecular weight excluding hydrogens is 294 g/mol. The summed E-state index contributed by atoms with van der Waals surface area (Å²) < 4.78 is 28.5. The number of hydrogen-bond donors (Lipinski definition) is 1. The molecule has 0 atom stereocenters. The van der Waals surface area contributed by atoms with E-state index in [1.165, 1.54) is 0 Å². The average Bonchev–Trinajstić information content (AvgIpc) is 2.37. The zero-order chi connectivity index (χ0) is 15.5. The lowest BCUT2D eigenvalue weighted by atomic mass is 10.5. The molecule has 2 rings (SSSR count). The summed E-state index contributed by atoms with van der Waals surface area (Å²) in [4.78, 5) is 14.6. The highest BCUT2D eigenvalue weighted by Crippen LogP contribution is 2.18. The van der Waals surface area contributed by atoms with Crippen LogP contribution in [0.5, 0.6) is 6.01 Å². The maximum Gasteiger partial charge on any atom is 0.323 e. The smallest absolute Gasteiger partial charge is 0.323 e. The summed E-state index contributed by atoms with van der Waals surface area (Å²) in [5.41, 5.74) is 0. The topological polar surface area (TPSA) is 97.3 Å². The van der Waals surface area contributed by atoms with Crippen LogP contribution < -0.4 is 15.0 Å². The first-order valence-corrected chi connectivity index (χ1v) is 8.83. The molecule has 0 spiro atoms. The Labute approximate surface area is 124 Å². The van der Waals surface area contributed by atoms with Crippen LogP contribution in [0.4, 0.5) is 11.9 Å². The standard InChI is InChI=1S/C12H21N5O3S/c1-4-13-10-14-11(16-12(15-10)20-9(2)3)17-5-7-21(18,19)8-6-17/h9H,4-8H2,1-3H3,(H,13,14,15,16). The molecule has 21 heavy (non-hydrogen) atoms. The van der Waals surface area contributed by atoms with Gasteiger partial charge in [-0.2, -0.15) is 15.0 Å². The molecule has 1 aromatic heterocycles. The fourth-order valence-corrected chi connectivity index (χ4v) is 3.10. The van der Waals surface area contributed by atoms with E-state index in [1.54, 1.807) is 0 Å². The predicted octanol–water partition coefficient (Wildman–Crippen LogP) is 0.325. The van der Waals surface area contributed by atoms with Gasteiger partial charge in [-0.25, -0.2) is 8.42 Å². The predicted molar refractivity (Wildman–Crippen MR) is 80.6 cm³/mol. The van der Waals surface area contributed by atoms with Gasteiger partial charge in [-0.3, -0.25) is 0 Å². The summed E-state index contributed by atoms with van der Waals surface area (Å²) in [6.45, 7) is 7.19. The maximum absolute atomic E-state index is 11.5. The van der Waals surface area contributed by atoms with E-state index in [0.29, 0.717) is 31.5 Å². The van der Waals surface area contributed by atoms with Crippen LogP contribution in [0.15, 0.2) is 0 Å². The van der Waals surface area contributed by atoms with Gasteiger partial charge in [0.05, 0.1) is 17.6 Å². The van der Waals surface area contributed by atoms with E-state index in [0.717, 1.165) is 0 Å². The van der Waals surface area contributed by atoms with E-state index >= 15 is 0 Å². The summed E-state index contributed by atoms with van der Waals surface area (Å²) in [5.74, 6) is 1.13. The van der Waals surface area contributed by atoms with Crippen LogP contribution >= 0.6 is 0 Å². The third-order valence-electron chi connectivity index (χ3n) is 2.91. The van der Waals surface area contributed by atoms with Crippen molar-refractivity contribution in [3.05, 3.63) is 0 Å². The fourth-order valence-electron chi connectivity index (χ4n) is 1.90. The average molecular weight is 315 g/mol. The molecule has 0 bridgehead atoms. The monoisotopic (exact) mass is 315 g/mol. The molecule has 0 saturated carbocycles. The first-order valence-electron chi connectivity index (χ1n) is 7.01. The van der Waals surface area contributed by atoms with E-state index in [1.807, 2.05) is 25.7 Å². The van der Waals surface area contributed by atoms with Crippen molar-refractivity contribution in [2.45, 2.75) is 26.9 Å². The van der Waals surface area contributed by atoms with Crippen LogP contribution in [0, 0.1) is 0 Å². The van der Waals surface area contributed by atoms with Crippen molar-refractivity contribution in [2.75, 3.05) is 41.4 Å². The Balaban J connectivity index is 2.23. The molecule has 0 unspecified atom stereocenters. The van der Waals surface area contributed by atoms with Gasteiger partial charge in [0.25, 0.3) is 0 Å². The lowest BCUT2D eigenvalue weighted by molar-refractivity contribution is 0.222. The third kappa shape index (κ3) is 4.42. The van der Waals surface area contributed by atoms with Crippen molar-refractivity contribution in [3.63, 3.8) is 0 Å². The molecule has 1 N–H and O–H groups in total. The van der Waals surface area contributed by atoms with Crippen molar-refractivity contribution < 1.29 is 13.2 Å². The molecule has 118 valence electrons. The molecule has 1 saturated heterocycles. The molecule has 0 amide bonds. The van der Waals surface area contributed by atoms with E-state index in [-0.39, 0.29) is 23.6 Å². The minimum atomic E-state index is -2.93. The van der Waals surface area contributed by atoms with Gasteiger partial charge in [-0.05, 0) is 20.8 Å². The van der Waals surface area contributed by atoms with Crippen LogP contribution in [0.2, 0.25) is 0 Å². The summed E-state index contributed by atoms with van der Waals surface area (Å²) in [6, 6.07) is 0.249. The Morgan fingerprint density at radius 1 is 1.24 bits per heavy atom. The van der Waals surface area contributed by atoms with Crippen molar-refractivity contribution in [1.82, 2.24) is 15.0 Å². The highest BCUT2D eigenvalue weighted by molar-refractivity contribution is 7.91. The Bertz CT molecular complexity index is 577. The molecule has 1 aromatic rings. The van der Waals surface area contributed by atoms with Crippen molar-refractivity contribution >= 4 is 21.7 Å². The largest absolute Gasteiger partial charge is 0.461 e. The molecule has 0 aromatic carbocycles. The van der Waals surface area contributed by atoms with Gasteiger partial charge in [0.1, 0.15) is 0 Å². The van der Waals surface area contributed by atoms with Crippen molar-refractivity contribution in [1.29, 1.82) is 0 Å². The van der Waals surface area contributed by atoms with Crippen LogP contribution in [0.1, 0.15) is 20.8 Å². The second-order valence-corrected chi connectivity index (χ2v) is 7.38. The fraction of sp³-hybridized carbons (Fsp3) is 0.750. The molecule has 2 heterocycles. The maximum atomic E-state index is 11.5. The van der Waals surface area contributed by atoms with Gasteiger partial charge in [-0.15, -0.1) is 0 Å². The first-order chi connectivity index (χ1) is 9.89. The zero-order valence-corrected chi connectivity index (χ0v) is 13.4. The summed E-state index contributed by atoms with van der Waals surface area (Å²) >= 11 is 0. The minimum absolute atomic E-state index is 0.0449. The lowest BCUT2D eigenvalue weighted by Crippen LogP contribution is -2.41. The summed E-state index contributed by atoms with van der Waals surface area (Å²) in [7, 11) is -2.93. The van der Waals surface area contributed by atoms with E-state index < -0.39 is 9.84 Å². The zero-order valence-electron chi connectivity index (χ0n) is 12.5. The Hall–Kier alpha value is -1.64. The van der Waals surface area contributed by atoms with Crippen LogP contribution in [0.3, 0.4) is 0 Å². The molecular formula is C12H21N5O3S. The Kier molecular flexibility index (Phi) is 4.81. The second kappa shape index (κ2) is 6.42. The van der Waals surface area contributed by atoms with E-state index in [2.05, 4.69) is 20.3 Å². The number of sulfone groups is 1. The first kappa shape index (κ1) is 15.7. The van der Waals surface area contributed by atoms with Crippen molar-refractivity contribution in [3.8, 4) is 6.01 Å². The summed E-state index contributed by atoms with van der Waals surface area (Å²) in [6.07, 6.45) is -0.0449. The van der Waals surface area contributed by atoms with Crippen LogP contribution in [-0.4, -0.2) is 60.6 Å². The molecule has 1 aliphatic heterocycles.